The molecular weight excluding hydrogens is 460 g/mol. The monoisotopic (exact) mass is 480 g/mol. The van der Waals surface area contributed by atoms with Crippen molar-refractivity contribution in [3.8, 4) is 22.6 Å². The molecule has 33 heavy (non-hydrogen) atoms. The number of thioether (sulfide) groups is 1. The van der Waals surface area contributed by atoms with Gasteiger partial charge in [0.2, 0.25) is 5.91 Å². The van der Waals surface area contributed by atoms with Crippen molar-refractivity contribution in [3.63, 3.8) is 0 Å². The van der Waals surface area contributed by atoms with Crippen molar-refractivity contribution in [2.24, 2.45) is 0 Å². The summed E-state index contributed by atoms with van der Waals surface area (Å²) in [5.41, 5.74) is 2.72. The minimum Gasteiger partial charge on any atom is -0.497 e. The SMILES string of the molecule is COC(=O)c1c(-c2ccc(OC)cc2)csc1NC(=O)CSc1nncn1-c1ccccc1. The zero-order chi connectivity index (χ0) is 23.2. The van der Waals surface area contributed by atoms with E-state index in [-0.39, 0.29) is 11.7 Å². The average molecular weight is 481 g/mol. The molecule has 8 nitrogen and oxygen atoms in total. The quantitative estimate of drug-likeness (QED) is 0.293. The first-order valence-corrected chi connectivity index (χ1v) is 11.7. The second-order valence-electron chi connectivity index (χ2n) is 6.73. The van der Waals surface area contributed by atoms with Crippen LogP contribution in [0.25, 0.3) is 16.8 Å². The third kappa shape index (κ3) is 5.07. The molecule has 0 bridgehead atoms. The van der Waals surface area contributed by atoms with E-state index in [0.29, 0.717) is 27.0 Å². The summed E-state index contributed by atoms with van der Waals surface area (Å²) in [6.45, 7) is 0. The molecular formula is C23H20N4O4S2. The Bertz CT molecular complexity index is 1250. The van der Waals surface area contributed by atoms with Crippen LogP contribution in [0.1, 0.15) is 10.4 Å². The lowest BCUT2D eigenvalue weighted by Crippen LogP contribution is -2.16. The topological polar surface area (TPSA) is 95.3 Å². The summed E-state index contributed by atoms with van der Waals surface area (Å²) in [6.07, 6.45) is 1.60. The van der Waals surface area contributed by atoms with Crippen molar-refractivity contribution in [1.82, 2.24) is 14.8 Å². The van der Waals surface area contributed by atoms with Crippen LogP contribution in [0, 0.1) is 0 Å². The maximum Gasteiger partial charge on any atom is 0.341 e. The van der Waals surface area contributed by atoms with E-state index in [1.54, 1.807) is 13.4 Å². The molecule has 0 saturated carbocycles. The number of benzene rings is 2. The highest BCUT2D eigenvalue weighted by atomic mass is 32.2. The summed E-state index contributed by atoms with van der Waals surface area (Å²) in [4.78, 5) is 25.2. The Balaban J connectivity index is 1.50. The molecule has 2 aromatic carbocycles. The van der Waals surface area contributed by atoms with E-state index in [1.807, 2.05) is 64.5 Å². The molecule has 4 rings (SSSR count). The van der Waals surface area contributed by atoms with E-state index in [1.165, 1.54) is 30.2 Å². The van der Waals surface area contributed by atoms with Gasteiger partial charge in [-0.3, -0.25) is 9.36 Å². The van der Waals surface area contributed by atoms with Gasteiger partial charge in [-0.1, -0.05) is 42.1 Å². The van der Waals surface area contributed by atoms with Crippen LogP contribution in [0.2, 0.25) is 0 Å². The Morgan fingerprint density at radius 3 is 2.55 bits per heavy atom. The average Bonchev–Trinajstić information content (AvgIpc) is 3.50. The first-order chi connectivity index (χ1) is 16.1. The van der Waals surface area contributed by atoms with Crippen LogP contribution in [0.15, 0.2) is 71.5 Å². The molecule has 0 unspecified atom stereocenters. The number of nitrogens with one attached hydrogen (secondary N) is 1. The van der Waals surface area contributed by atoms with Crippen molar-refractivity contribution >= 4 is 40.0 Å². The summed E-state index contributed by atoms with van der Waals surface area (Å²) in [6, 6.07) is 17.0. The number of ether oxygens (including phenoxy) is 2. The van der Waals surface area contributed by atoms with Crippen molar-refractivity contribution in [3.05, 3.63) is 71.9 Å². The van der Waals surface area contributed by atoms with Crippen LogP contribution in [-0.2, 0) is 9.53 Å². The molecule has 0 saturated heterocycles. The van der Waals surface area contributed by atoms with Gasteiger partial charge in [0.15, 0.2) is 5.16 Å². The predicted octanol–water partition coefficient (Wildman–Crippen LogP) is 4.52. The molecule has 2 aromatic heterocycles. The number of para-hydroxylation sites is 1. The molecule has 2 heterocycles. The number of rotatable bonds is 8. The van der Waals surface area contributed by atoms with Crippen LogP contribution in [-0.4, -0.2) is 46.6 Å². The van der Waals surface area contributed by atoms with Gasteiger partial charge in [-0.15, -0.1) is 21.5 Å². The summed E-state index contributed by atoms with van der Waals surface area (Å²) < 4.78 is 12.0. The van der Waals surface area contributed by atoms with E-state index in [2.05, 4.69) is 15.5 Å². The Kier molecular flexibility index (Phi) is 7.06. The molecule has 0 radical (unpaired) electrons. The molecule has 0 atom stereocenters. The first kappa shape index (κ1) is 22.6. The second kappa shape index (κ2) is 10.3. The van der Waals surface area contributed by atoms with Gasteiger partial charge in [-0.25, -0.2) is 4.79 Å². The molecule has 1 N–H and O–H groups in total. The first-order valence-electron chi connectivity index (χ1n) is 9.83. The summed E-state index contributed by atoms with van der Waals surface area (Å²) in [5.74, 6) is 0.0225. The zero-order valence-corrected chi connectivity index (χ0v) is 19.5. The number of anilines is 1. The number of aromatic nitrogens is 3. The molecule has 168 valence electrons. The molecule has 0 aliphatic carbocycles. The summed E-state index contributed by atoms with van der Waals surface area (Å²) in [7, 11) is 2.91. The fraction of sp³-hybridized carbons (Fsp3) is 0.130. The normalized spacial score (nSPS) is 10.6. The minimum absolute atomic E-state index is 0.0991. The largest absolute Gasteiger partial charge is 0.497 e. The number of thiophene rings is 1. The van der Waals surface area contributed by atoms with Gasteiger partial charge in [0.25, 0.3) is 0 Å². The lowest BCUT2D eigenvalue weighted by atomic mass is 10.0. The molecule has 10 heteroatoms. The van der Waals surface area contributed by atoms with Crippen LogP contribution in [0.4, 0.5) is 5.00 Å². The molecule has 4 aromatic rings. The third-order valence-electron chi connectivity index (χ3n) is 4.72. The van der Waals surface area contributed by atoms with Crippen molar-refractivity contribution in [2.45, 2.75) is 5.16 Å². The maximum atomic E-state index is 12.7. The van der Waals surface area contributed by atoms with Crippen molar-refractivity contribution in [2.75, 3.05) is 25.3 Å². The fourth-order valence-corrected chi connectivity index (χ4v) is 4.82. The van der Waals surface area contributed by atoms with Gasteiger partial charge < -0.3 is 14.8 Å². The highest BCUT2D eigenvalue weighted by Gasteiger charge is 2.22. The van der Waals surface area contributed by atoms with Crippen LogP contribution < -0.4 is 10.1 Å². The second-order valence-corrected chi connectivity index (χ2v) is 8.55. The Morgan fingerprint density at radius 1 is 1.09 bits per heavy atom. The molecule has 1 amide bonds. The van der Waals surface area contributed by atoms with Crippen molar-refractivity contribution in [1.29, 1.82) is 0 Å². The molecule has 0 fully saturated rings. The van der Waals surface area contributed by atoms with E-state index >= 15 is 0 Å². The highest BCUT2D eigenvalue weighted by Crippen LogP contribution is 2.37. The molecule has 0 aliphatic heterocycles. The lowest BCUT2D eigenvalue weighted by molar-refractivity contribution is -0.113. The van der Waals surface area contributed by atoms with Gasteiger partial charge in [0.05, 0.1) is 20.0 Å². The number of carbonyl (C=O) groups is 2. The molecule has 0 spiro atoms. The fourth-order valence-electron chi connectivity index (χ4n) is 3.12. The number of hydrogen-bond acceptors (Lipinski definition) is 8. The standard InChI is InChI=1S/C23H20N4O4S2/c1-30-17-10-8-15(9-11-17)18-12-32-21(20(18)22(29)31-2)25-19(28)13-33-23-26-24-14-27(23)16-6-4-3-5-7-16/h3-12,14H,13H2,1-2H3,(H,25,28). The van der Waals surface area contributed by atoms with Gasteiger partial charge in [0.1, 0.15) is 22.6 Å². The number of nitrogens with zero attached hydrogens (tertiary/aromatic N) is 3. The van der Waals surface area contributed by atoms with E-state index in [0.717, 1.165) is 11.3 Å². The predicted molar refractivity (Wildman–Crippen MR) is 128 cm³/mol. The van der Waals surface area contributed by atoms with E-state index in [9.17, 15) is 9.59 Å². The number of methoxy groups -OCH3 is 2. The number of carbonyl (C=O) groups excluding carboxylic acids is 2. The Hall–Kier alpha value is -3.63. The number of amides is 1. The smallest absolute Gasteiger partial charge is 0.341 e. The Morgan fingerprint density at radius 2 is 1.85 bits per heavy atom. The van der Waals surface area contributed by atoms with Crippen LogP contribution in [0.3, 0.4) is 0 Å². The van der Waals surface area contributed by atoms with Crippen LogP contribution in [0.5, 0.6) is 5.75 Å². The van der Waals surface area contributed by atoms with Gasteiger partial charge >= 0.3 is 5.97 Å². The minimum atomic E-state index is -0.520. The van der Waals surface area contributed by atoms with E-state index < -0.39 is 5.97 Å². The summed E-state index contributed by atoms with van der Waals surface area (Å²) >= 11 is 2.52. The third-order valence-corrected chi connectivity index (χ3v) is 6.56. The van der Waals surface area contributed by atoms with Gasteiger partial charge in [0, 0.05) is 16.6 Å². The maximum absolute atomic E-state index is 12.7. The number of esters is 1. The highest BCUT2D eigenvalue weighted by molar-refractivity contribution is 7.99. The van der Waals surface area contributed by atoms with Gasteiger partial charge in [-0.05, 0) is 29.8 Å². The van der Waals surface area contributed by atoms with Crippen molar-refractivity contribution < 1.29 is 19.1 Å². The summed E-state index contributed by atoms with van der Waals surface area (Å²) in [5, 5.41) is 13.7. The van der Waals surface area contributed by atoms with Crippen LogP contribution >= 0.6 is 23.1 Å². The Labute approximate surface area is 198 Å². The van der Waals surface area contributed by atoms with E-state index in [4.69, 9.17) is 9.47 Å². The lowest BCUT2D eigenvalue weighted by Gasteiger charge is -2.09. The zero-order valence-electron chi connectivity index (χ0n) is 17.8. The number of hydrogen-bond donors (Lipinski definition) is 1. The van der Waals surface area contributed by atoms with Gasteiger partial charge in [-0.2, -0.15) is 0 Å². The molecule has 0 aliphatic rings.